The molecule has 4 amide bonds. The van der Waals surface area contributed by atoms with Gasteiger partial charge >= 0.3 is 18.2 Å². The van der Waals surface area contributed by atoms with E-state index >= 15 is 0 Å². The average molecular weight is 639 g/mol. The molecule has 1 saturated heterocycles. The first-order valence-electron chi connectivity index (χ1n) is 16.3. The third-order valence-corrected chi connectivity index (χ3v) is 9.28. The highest BCUT2D eigenvalue weighted by Gasteiger charge is 2.61. The summed E-state index contributed by atoms with van der Waals surface area (Å²) in [5.41, 5.74) is -0.0184. The molecule has 0 radical (unpaired) electrons. The number of allylic oxidation sites excluding steroid dienone is 1. The molecule has 4 aliphatic rings. The van der Waals surface area contributed by atoms with E-state index < -0.39 is 59.3 Å². The normalized spacial score (nSPS) is 30.7. The lowest BCUT2D eigenvalue weighted by Gasteiger charge is -2.33. The van der Waals surface area contributed by atoms with Crippen LogP contribution in [0.3, 0.4) is 0 Å². The summed E-state index contributed by atoms with van der Waals surface area (Å²) < 4.78 is 11.3. The van der Waals surface area contributed by atoms with Gasteiger partial charge in [0.25, 0.3) is 0 Å². The van der Waals surface area contributed by atoms with Gasteiger partial charge in [-0.25, -0.2) is 14.4 Å². The fourth-order valence-electron chi connectivity index (χ4n) is 6.81. The van der Waals surface area contributed by atoms with Crippen molar-refractivity contribution in [1.29, 1.82) is 0 Å². The van der Waals surface area contributed by atoms with E-state index in [0.717, 1.165) is 24.8 Å². The molecule has 5 rings (SSSR count). The average Bonchev–Trinajstić information content (AvgIpc) is 3.52. The Labute approximate surface area is 269 Å². The molecule has 0 bridgehead atoms. The molecule has 2 fully saturated rings. The Balaban J connectivity index is 1.37. The highest BCUT2D eigenvalue weighted by atomic mass is 16.6. The SMILES string of the molecule is CC1CN(C(=O)O[C@@H]2C[C@H]3C(=O)N[C@]4(C(=O)O)C[C@H]4/C=C/CCCCC[C@H](NC(=O)OC(C)(C)C)C(=O)N3C2)Cc2ccccc21. The van der Waals surface area contributed by atoms with Crippen molar-refractivity contribution in [2.45, 2.75) is 114 Å². The van der Waals surface area contributed by atoms with Gasteiger partial charge in [0.15, 0.2) is 0 Å². The van der Waals surface area contributed by atoms with Crippen LogP contribution in [0.5, 0.6) is 0 Å². The molecule has 1 aromatic carbocycles. The maximum atomic E-state index is 14.1. The summed E-state index contributed by atoms with van der Waals surface area (Å²) in [4.78, 5) is 69.4. The van der Waals surface area contributed by atoms with E-state index in [2.05, 4.69) is 16.7 Å². The zero-order valence-corrected chi connectivity index (χ0v) is 27.1. The molecular weight excluding hydrogens is 592 g/mol. The van der Waals surface area contributed by atoms with Crippen molar-refractivity contribution < 1.29 is 38.6 Å². The summed E-state index contributed by atoms with van der Waals surface area (Å²) >= 11 is 0. The largest absolute Gasteiger partial charge is 0.479 e. The molecule has 3 N–H and O–H groups in total. The van der Waals surface area contributed by atoms with E-state index in [-0.39, 0.29) is 31.2 Å². The van der Waals surface area contributed by atoms with E-state index in [1.165, 1.54) is 10.5 Å². The Kier molecular flexibility index (Phi) is 9.65. The third-order valence-electron chi connectivity index (χ3n) is 9.28. The van der Waals surface area contributed by atoms with Crippen LogP contribution in [0.1, 0.15) is 89.7 Å². The molecule has 1 unspecified atom stereocenters. The molecule has 3 heterocycles. The zero-order valence-electron chi connectivity index (χ0n) is 27.1. The zero-order chi connectivity index (χ0) is 33.2. The maximum Gasteiger partial charge on any atom is 0.410 e. The molecule has 12 heteroatoms. The highest BCUT2D eigenvalue weighted by molar-refractivity contribution is 5.96. The lowest BCUT2D eigenvalue weighted by molar-refractivity contribution is -0.145. The summed E-state index contributed by atoms with van der Waals surface area (Å²) in [5.74, 6) is -2.52. The Hall–Kier alpha value is -4.09. The van der Waals surface area contributed by atoms with E-state index in [9.17, 15) is 29.1 Å². The fraction of sp³-hybridized carbons (Fsp3) is 0.618. The molecule has 1 aromatic rings. The van der Waals surface area contributed by atoms with Crippen molar-refractivity contribution in [3.63, 3.8) is 0 Å². The lowest BCUT2D eigenvalue weighted by atomic mass is 9.91. The van der Waals surface area contributed by atoms with Crippen LogP contribution in [0.15, 0.2) is 36.4 Å². The number of aliphatic carboxylic acids is 1. The third kappa shape index (κ3) is 7.47. The van der Waals surface area contributed by atoms with Gasteiger partial charge in [0.2, 0.25) is 11.8 Å². The molecule has 6 atom stereocenters. The van der Waals surface area contributed by atoms with Gasteiger partial charge in [-0.1, -0.05) is 56.2 Å². The minimum atomic E-state index is -1.46. The summed E-state index contributed by atoms with van der Waals surface area (Å²) in [6.45, 7) is 8.00. The predicted molar refractivity (Wildman–Crippen MR) is 168 cm³/mol. The van der Waals surface area contributed by atoms with Crippen LogP contribution in [-0.4, -0.2) is 87.3 Å². The molecule has 0 aromatic heterocycles. The second kappa shape index (κ2) is 13.3. The van der Waals surface area contributed by atoms with Crippen LogP contribution in [0.25, 0.3) is 0 Å². The molecule has 46 heavy (non-hydrogen) atoms. The van der Waals surface area contributed by atoms with Gasteiger partial charge in [-0.3, -0.25) is 9.59 Å². The van der Waals surface area contributed by atoms with Crippen LogP contribution in [0.4, 0.5) is 9.59 Å². The van der Waals surface area contributed by atoms with Gasteiger partial charge in [-0.15, -0.1) is 0 Å². The summed E-state index contributed by atoms with van der Waals surface area (Å²) in [6, 6.07) is 5.86. The number of hydrogen-bond acceptors (Lipinski definition) is 7. The van der Waals surface area contributed by atoms with Gasteiger partial charge in [0, 0.05) is 25.4 Å². The Morgan fingerprint density at radius 1 is 1.09 bits per heavy atom. The van der Waals surface area contributed by atoms with Crippen molar-refractivity contribution in [3.05, 3.63) is 47.5 Å². The van der Waals surface area contributed by atoms with Crippen LogP contribution < -0.4 is 10.6 Å². The van der Waals surface area contributed by atoms with Gasteiger partial charge in [-0.2, -0.15) is 0 Å². The first kappa shape index (κ1) is 33.3. The summed E-state index contributed by atoms with van der Waals surface area (Å²) in [5, 5.41) is 15.5. The molecular formula is C34H46N4O8. The molecule has 0 spiro atoms. The van der Waals surface area contributed by atoms with Crippen molar-refractivity contribution in [2.24, 2.45) is 5.92 Å². The van der Waals surface area contributed by atoms with Crippen LogP contribution in [0, 0.1) is 5.92 Å². The van der Waals surface area contributed by atoms with Gasteiger partial charge in [0.1, 0.15) is 29.3 Å². The smallest absolute Gasteiger partial charge is 0.410 e. The minimum absolute atomic E-state index is 0.00133. The van der Waals surface area contributed by atoms with E-state index in [1.54, 1.807) is 25.7 Å². The van der Waals surface area contributed by atoms with Crippen LogP contribution in [-0.2, 0) is 30.4 Å². The predicted octanol–water partition coefficient (Wildman–Crippen LogP) is 4.08. The summed E-state index contributed by atoms with van der Waals surface area (Å²) in [7, 11) is 0. The van der Waals surface area contributed by atoms with Gasteiger partial charge in [-0.05, 0) is 63.5 Å². The number of ether oxygens (including phenoxy) is 2. The second-order valence-corrected chi connectivity index (χ2v) is 14.1. The number of carbonyl (C=O) groups is 5. The number of carbonyl (C=O) groups excluding carboxylic acids is 4. The topological polar surface area (TPSA) is 155 Å². The van der Waals surface area contributed by atoms with Crippen LogP contribution in [0.2, 0.25) is 0 Å². The van der Waals surface area contributed by atoms with E-state index in [4.69, 9.17) is 9.47 Å². The van der Waals surface area contributed by atoms with Crippen molar-refractivity contribution in [2.75, 3.05) is 13.1 Å². The standard InChI is InChI=1S/C34H46N4O8/c1-21-18-37(19-22-12-10-11-14-25(21)22)32(44)45-24-16-27-28(39)36-34(30(41)42)17-23(34)13-8-6-5-7-9-15-26(29(40)38(27)20-24)35-31(43)46-33(2,3)4/h8,10-14,21,23-24,26-27H,5-7,9,15-20H2,1-4H3,(H,35,43)(H,36,39)(H,41,42)/b13-8+/t21?,23-,24-,26+,27+,34-/m1/s1. The number of fused-ring (bicyclic) bond motifs is 3. The maximum absolute atomic E-state index is 14.1. The number of hydrogen-bond donors (Lipinski definition) is 3. The Morgan fingerprint density at radius 2 is 1.85 bits per heavy atom. The Bertz CT molecular complexity index is 1390. The van der Waals surface area contributed by atoms with Crippen LogP contribution >= 0.6 is 0 Å². The number of carboxylic acids is 1. The second-order valence-electron chi connectivity index (χ2n) is 14.1. The molecule has 250 valence electrons. The molecule has 1 aliphatic carbocycles. The first-order valence-corrected chi connectivity index (χ1v) is 16.3. The minimum Gasteiger partial charge on any atom is -0.479 e. The quantitative estimate of drug-likeness (QED) is 0.419. The first-order chi connectivity index (χ1) is 21.8. The molecule has 1 saturated carbocycles. The number of benzene rings is 1. The molecule has 3 aliphatic heterocycles. The highest BCUT2D eigenvalue weighted by Crippen LogP contribution is 2.45. The monoisotopic (exact) mass is 638 g/mol. The number of nitrogens with one attached hydrogen (secondary N) is 2. The number of alkyl carbamates (subject to hydrolysis) is 1. The van der Waals surface area contributed by atoms with E-state index in [0.29, 0.717) is 25.9 Å². The number of nitrogens with zero attached hydrogens (tertiary/aromatic N) is 2. The van der Waals surface area contributed by atoms with E-state index in [1.807, 2.05) is 37.3 Å². The van der Waals surface area contributed by atoms with Gasteiger partial charge in [0.05, 0.1) is 6.54 Å². The number of carboxylic acid groups (broad SMARTS) is 1. The van der Waals surface area contributed by atoms with Crippen molar-refractivity contribution >= 4 is 30.0 Å². The van der Waals surface area contributed by atoms with Crippen molar-refractivity contribution in [3.8, 4) is 0 Å². The van der Waals surface area contributed by atoms with Gasteiger partial charge < -0.3 is 35.0 Å². The summed E-state index contributed by atoms with van der Waals surface area (Å²) in [6.07, 6.45) is 5.26. The Morgan fingerprint density at radius 3 is 2.59 bits per heavy atom. The lowest BCUT2D eigenvalue weighted by Crippen LogP contribution is -2.56. The van der Waals surface area contributed by atoms with Crippen molar-refractivity contribution in [1.82, 2.24) is 20.4 Å². The molecule has 12 nitrogen and oxygen atoms in total. The number of rotatable bonds is 3. The number of amides is 4. The fourth-order valence-corrected chi connectivity index (χ4v) is 6.81.